The molecule has 4 N–H and O–H groups in total. The number of primary amides is 1. The highest BCUT2D eigenvalue weighted by Gasteiger charge is 2.41. The summed E-state index contributed by atoms with van der Waals surface area (Å²) in [6, 6.07) is 0.0970. The highest BCUT2D eigenvalue weighted by Crippen LogP contribution is 2.46. The Labute approximate surface area is 132 Å². The molecule has 0 bridgehead atoms. The summed E-state index contributed by atoms with van der Waals surface area (Å²) < 4.78 is 0. The van der Waals surface area contributed by atoms with Crippen molar-refractivity contribution in [2.24, 2.45) is 11.1 Å². The van der Waals surface area contributed by atoms with Crippen molar-refractivity contribution in [1.82, 2.24) is 15.5 Å². The van der Waals surface area contributed by atoms with E-state index in [1.807, 2.05) is 4.90 Å². The average Bonchev–Trinajstić information content (AvgIpc) is 2.45. The molecule has 2 saturated heterocycles. The summed E-state index contributed by atoms with van der Waals surface area (Å²) in [5.41, 5.74) is 5.75. The van der Waals surface area contributed by atoms with Crippen LogP contribution in [0.25, 0.3) is 0 Å². The van der Waals surface area contributed by atoms with E-state index in [0.717, 1.165) is 38.9 Å². The predicted octanol–water partition coefficient (Wildman–Crippen LogP) is -0.0254. The average molecular weight is 308 g/mol. The number of carbonyl (C=O) groups excluding carboxylic acids is 2. The number of nitrogens with two attached hydrogens (primary N) is 1. The van der Waals surface area contributed by atoms with Gasteiger partial charge in [-0.25, -0.2) is 0 Å². The van der Waals surface area contributed by atoms with Crippen LogP contribution in [0.3, 0.4) is 0 Å². The Kier molecular flexibility index (Phi) is 4.68. The van der Waals surface area contributed by atoms with Crippen LogP contribution in [0.15, 0.2) is 0 Å². The summed E-state index contributed by atoms with van der Waals surface area (Å²) in [4.78, 5) is 25.5. The number of hydrogen-bond acceptors (Lipinski definition) is 4. The number of likely N-dealkylation sites (tertiary alicyclic amines) is 1. The number of carbonyl (C=O) groups is 2. The van der Waals surface area contributed by atoms with Gasteiger partial charge in [-0.2, -0.15) is 0 Å². The van der Waals surface area contributed by atoms with E-state index in [2.05, 4.69) is 10.6 Å². The van der Waals surface area contributed by atoms with Crippen molar-refractivity contribution < 1.29 is 9.59 Å². The zero-order chi connectivity index (χ0) is 15.6. The largest absolute Gasteiger partial charge is 0.369 e. The minimum Gasteiger partial charge on any atom is -0.369 e. The minimum atomic E-state index is -0.299. The third-order valence-electron chi connectivity index (χ3n) is 5.65. The zero-order valence-electron chi connectivity index (χ0n) is 13.3. The van der Waals surface area contributed by atoms with Crippen LogP contribution in [0.4, 0.5) is 0 Å². The molecule has 6 nitrogen and oxygen atoms in total. The summed E-state index contributed by atoms with van der Waals surface area (Å²) in [6.45, 7) is 2.89. The number of nitrogens with zero attached hydrogens (tertiary/aromatic N) is 1. The van der Waals surface area contributed by atoms with E-state index in [0.29, 0.717) is 5.41 Å². The van der Waals surface area contributed by atoms with Crippen molar-refractivity contribution in [3.63, 3.8) is 0 Å². The number of piperidine rings is 2. The molecule has 1 spiro atoms. The smallest absolute Gasteiger partial charge is 0.237 e. The van der Waals surface area contributed by atoms with E-state index in [1.54, 1.807) is 0 Å². The lowest BCUT2D eigenvalue weighted by Crippen LogP contribution is -2.57. The summed E-state index contributed by atoms with van der Waals surface area (Å²) in [6.07, 6.45) is 8.09. The second kappa shape index (κ2) is 6.54. The first-order chi connectivity index (χ1) is 10.6. The van der Waals surface area contributed by atoms with Crippen molar-refractivity contribution in [2.75, 3.05) is 26.2 Å². The molecule has 3 rings (SSSR count). The summed E-state index contributed by atoms with van der Waals surface area (Å²) in [5, 5.41) is 6.60. The number of hydrogen-bond donors (Lipinski definition) is 3. The van der Waals surface area contributed by atoms with Gasteiger partial charge in [0.15, 0.2) is 0 Å². The molecule has 0 aromatic rings. The van der Waals surface area contributed by atoms with Crippen molar-refractivity contribution in [3.05, 3.63) is 0 Å². The molecule has 1 saturated carbocycles. The monoisotopic (exact) mass is 308 g/mol. The molecule has 2 heterocycles. The fourth-order valence-corrected chi connectivity index (χ4v) is 4.15. The molecule has 0 radical (unpaired) electrons. The summed E-state index contributed by atoms with van der Waals surface area (Å²) in [5.74, 6) is -0.174. The van der Waals surface area contributed by atoms with Crippen LogP contribution in [0.5, 0.6) is 0 Å². The minimum absolute atomic E-state index is 0.0438. The van der Waals surface area contributed by atoms with Crippen LogP contribution in [0.2, 0.25) is 0 Å². The standard InChI is InChI=1S/C16H28N4O2/c17-14(21)10-20-8-1-3-12(9-20)19-15(22)13-4-7-16(11-18-13)5-2-6-16/h12-13,18H,1-11H2,(H2,17,21)(H,19,22). The molecular weight excluding hydrogens is 280 g/mol. The van der Waals surface area contributed by atoms with Crippen LogP contribution in [0, 0.1) is 5.41 Å². The van der Waals surface area contributed by atoms with Crippen LogP contribution >= 0.6 is 0 Å². The van der Waals surface area contributed by atoms with Gasteiger partial charge in [-0.3, -0.25) is 14.5 Å². The van der Waals surface area contributed by atoms with Crippen LogP contribution in [-0.4, -0.2) is 55.0 Å². The highest BCUT2D eigenvalue weighted by molar-refractivity contribution is 5.82. The zero-order valence-corrected chi connectivity index (χ0v) is 13.3. The molecule has 3 fully saturated rings. The molecule has 2 amide bonds. The van der Waals surface area contributed by atoms with Gasteiger partial charge in [0.25, 0.3) is 0 Å². The lowest BCUT2D eigenvalue weighted by molar-refractivity contribution is -0.125. The molecule has 2 aliphatic heterocycles. The fraction of sp³-hybridized carbons (Fsp3) is 0.875. The summed E-state index contributed by atoms with van der Waals surface area (Å²) >= 11 is 0. The number of rotatable bonds is 4. The Bertz CT molecular complexity index is 426. The molecule has 0 aromatic heterocycles. The molecule has 2 atom stereocenters. The highest BCUT2D eigenvalue weighted by atomic mass is 16.2. The molecule has 22 heavy (non-hydrogen) atoms. The van der Waals surface area contributed by atoms with Gasteiger partial charge in [0.1, 0.15) is 0 Å². The van der Waals surface area contributed by atoms with Crippen LogP contribution in [-0.2, 0) is 9.59 Å². The predicted molar refractivity (Wildman–Crippen MR) is 84.1 cm³/mol. The molecule has 6 heteroatoms. The first-order valence-corrected chi connectivity index (χ1v) is 8.61. The van der Waals surface area contributed by atoms with E-state index in [-0.39, 0.29) is 30.4 Å². The van der Waals surface area contributed by atoms with Gasteiger partial charge in [0.2, 0.25) is 11.8 Å². The quantitative estimate of drug-likeness (QED) is 0.681. The third-order valence-corrected chi connectivity index (χ3v) is 5.65. The molecule has 2 unspecified atom stereocenters. The normalized spacial score (nSPS) is 31.5. The molecule has 1 aliphatic carbocycles. The molecule has 0 aromatic carbocycles. The molecule has 124 valence electrons. The first-order valence-electron chi connectivity index (χ1n) is 8.61. The Morgan fingerprint density at radius 3 is 2.64 bits per heavy atom. The van der Waals surface area contributed by atoms with Crippen molar-refractivity contribution in [1.29, 1.82) is 0 Å². The van der Waals surface area contributed by atoms with Crippen molar-refractivity contribution in [3.8, 4) is 0 Å². The second-order valence-corrected chi connectivity index (χ2v) is 7.37. The first kappa shape index (κ1) is 15.7. The Morgan fingerprint density at radius 1 is 1.23 bits per heavy atom. The van der Waals surface area contributed by atoms with E-state index in [4.69, 9.17) is 5.73 Å². The van der Waals surface area contributed by atoms with Gasteiger partial charge in [0, 0.05) is 19.1 Å². The maximum atomic E-state index is 12.4. The summed E-state index contributed by atoms with van der Waals surface area (Å²) in [7, 11) is 0. The lowest BCUT2D eigenvalue weighted by Gasteiger charge is -2.47. The van der Waals surface area contributed by atoms with Crippen LogP contribution < -0.4 is 16.4 Å². The molecule has 3 aliphatic rings. The Balaban J connectivity index is 1.44. The van der Waals surface area contributed by atoms with Crippen molar-refractivity contribution in [2.45, 2.75) is 57.0 Å². The topological polar surface area (TPSA) is 87.5 Å². The van der Waals surface area contributed by atoms with Crippen LogP contribution in [0.1, 0.15) is 44.9 Å². The maximum Gasteiger partial charge on any atom is 0.237 e. The Morgan fingerprint density at radius 2 is 2.05 bits per heavy atom. The van der Waals surface area contributed by atoms with E-state index >= 15 is 0 Å². The number of amides is 2. The van der Waals surface area contributed by atoms with E-state index in [9.17, 15) is 9.59 Å². The third kappa shape index (κ3) is 3.60. The van der Waals surface area contributed by atoms with Gasteiger partial charge in [-0.05, 0) is 50.5 Å². The SMILES string of the molecule is NC(=O)CN1CCCC(NC(=O)C2CCC3(CCC3)CN2)C1. The van der Waals surface area contributed by atoms with Crippen molar-refractivity contribution >= 4 is 11.8 Å². The number of nitrogens with one attached hydrogen (secondary N) is 2. The maximum absolute atomic E-state index is 12.4. The van der Waals surface area contributed by atoms with E-state index < -0.39 is 0 Å². The second-order valence-electron chi connectivity index (χ2n) is 7.37. The van der Waals surface area contributed by atoms with Gasteiger partial charge in [-0.1, -0.05) is 6.42 Å². The van der Waals surface area contributed by atoms with Gasteiger partial charge >= 0.3 is 0 Å². The van der Waals surface area contributed by atoms with Gasteiger partial charge < -0.3 is 16.4 Å². The van der Waals surface area contributed by atoms with E-state index in [1.165, 1.54) is 25.7 Å². The van der Waals surface area contributed by atoms with Gasteiger partial charge in [-0.15, -0.1) is 0 Å². The van der Waals surface area contributed by atoms with Gasteiger partial charge in [0.05, 0.1) is 12.6 Å². The lowest BCUT2D eigenvalue weighted by atomic mass is 9.64. The molecular formula is C16H28N4O2. The Hall–Kier alpha value is -1.14. The fourth-order valence-electron chi connectivity index (χ4n) is 4.15.